The van der Waals surface area contributed by atoms with Gasteiger partial charge < -0.3 is 10.0 Å². The van der Waals surface area contributed by atoms with Gasteiger partial charge >= 0.3 is 5.97 Å². The molecule has 0 spiro atoms. The monoisotopic (exact) mass is 417 g/mol. The van der Waals surface area contributed by atoms with Crippen LogP contribution in [0, 0.1) is 0 Å². The van der Waals surface area contributed by atoms with E-state index < -0.39 is 16.0 Å². The smallest absolute Gasteiger partial charge is 0.339 e. The number of carboxylic acids is 1. The van der Waals surface area contributed by atoms with E-state index in [0.29, 0.717) is 23.2 Å². The number of nitrogens with one attached hydrogen (secondary N) is 1. The molecule has 2 heterocycles. The number of hydrogen-bond acceptors (Lipinski definition) is 6. The van der Waals surface area contributed by atoms with Gasteiger partial charge in [0.15, 0.2) is 0 Å². The van der Waals surface area contributed by atoms with Gasteiger partial charge in [-0.1, -0.05) is 24.9 Å². The molecule has 0 fully saturated rings. The number of thiophene rings is 1. The van der Waals surface area contributed by atoms with Crippen LogP contribution in [0.4, 0.5) is 11.5 Å². The van der Waals surface area contributed by atoms with Gasteiger partial charge in [0.2, 0.25) is 0 Å². The van der Waals surface area contributed by atoms with Gasteiger partial charge in [0.1, 0.15) is 15.6 Å². The number of hydrogen-bond donors (Lipinski definition) is 2. The lowest BCUT2D eigenvalue weighted by molar-refractivity contribution is 0.0697. The lowest BCUT2D eigenvalue weighted by Crippen LogP contribution is -2.27. The summed E-state index contributed by atoms with van der Waals surface area (Å²) in [5.74, 6) is -0.835. The average Bonchev–Trinajstić information content (AvgIpc) is 3.03. The Balaban J connectivity index is 2.34. The van der Waals surface area contributed by atoms with Crippen molar-refractivity contribution in [1.82, 2.24) is 4.98 Å². The number of sulfonamides is 1. The molecule has 2 aromatic heterocycles. The summed E-state index contributed by atoms with van der Waals surface area (Å²) >= 11 is 6.70. The van der Waals surface area contributed by atoms with Crippen molar-refractivity contribution in [3.63, 3.8) is 0 Å². The summed E-state index contributed by atoms with van der Waals surface area (Å²) in [4.78, 5) is 17.7. The van der Waals surface area contributed by atoms with Gasteiger partial charge in [-0.25, -0.2) is 18.2 Å². The van der Waals surface area contributed by atoms with E-state index >= 15 is 0 Å². The van der Waals surface area contributed by atoms with Crippen molar-refractivity contribution >= 4 is 50.4 Å². The van der Waals surface area contributed by atoms with Gasteiger partial charge in [-0.15, -0.1) is 11.3 Å². The number of aromatic carboxylic acids is 1. The van der Waals surface area contributed by atoms with Crippen molar-refractivity contribution in [2.75, 3.05) is 22.7 Å². The van der Waals surface area contributed by atoms with Gasteiger partial charge in [-0.05, 0) is 31.5 Å². The van der Waals surface area contributed by atoms with Crippen LogP contribution in [0.25, 0.3) is 0 Å². The molecular formula is C16H20ClN3O4S2. The van der Waals surface area contributed by atoms with Crippen LogP contribution in [0.2, 0.25) is 4.34 Å². The summed E-state index contributed by atoms with van der Waals surface area (Å²) in [5, 5.41) is 9.52. The fourth-order valence-corrected chi connectivity index (χ4v) is 4.85. The Labute approximate surface area is 161 Å². The number of carboxylic acid groups (broad SMARTS) is 1. The van der Waals surface area contributed by atoms with Crippen LogP contribution >= 0.6 is 22.9 Å². The van der Waals surface area contributed by atoms with E-state index in [9.17, 15) is 18.3 Å². The number of pyridine rings is 1. The van der Waals surface area contributed by atoms with E-state index in [4.69, 9.17) is 11.6 Å². The zero-order valence-corrected chi connectivity index (χ0v) is 16.8. The predicted molar refractivity (Wildman–Crippen MR) is 104 cm³/mol. The minimum Gasteiger partial charge on any atom is -0.478 e. The van der Waals surface area contributed by atoms with Crippen LogP contribution in [0.1, 0.15) is 37.0 Å². The summed E-state index contributed by atoms with van der Waals surface area (Å²) in [7, 11) is -3.85. The number of unbranched alkanes of at least 4 members (excludes halogenated alkanes) is 1. The molecule has 0 atom stereocenters. The maximum atomic E-state index is 12.4. The molecule has 2 aromatic rings. The Kier molecular flexibility index (Phi) is 6.85. The average molecular weight is 418 g/mol. The largest absolute Gasteiger partial charge is 0.478 e. The molecule has 0 aliphatic rings. The second kappa shape index (κ2) is 8.70. The molecule has 26 heavy (non-hydrogen) atoms. The third-order valence-electron chi connectivity index (χ3n) is 3.63. The van der Waals surface area contributed by atoms with Crippen molar-refractivity contribution in [2.45, 2.75) is 30.9 Å². The van der Waals surface area contributed by atoms with E-state index in [0.717, 1.165) is 24.2 Å². The summed E-state index contributed by atoms with van der Waals surface area (Å²) in [5.41, 5.74) is 0.0367. The fourth-order valence-electron chi connectivity index (χ4n) is 2.33. The molecule has 0 bridgehead atoms. The molecular weight excluding hydrogens is 398 g/mol. The summed E-state index contributed by atoms with van der Waals surface area (Å²) in [6.07, 6.45) is 3.20. The number of aromatic nitrogens is 1. The van der Waals surface area contributed by atoms with Crippen molar-refractivity contribution in [3.8, 4) is 0 Å². The van der Waals surface area contributed by atoms with Crippen LogP contribution in [-0.4, -0.2) is 37.6 Å². The minimum atomic E-state index is -3.85. The number of nitrogens with zero attached hydrogens (tertiary/aromatic N) is 2. The Morgan fingerprint density at radius 3 is 2.65 bits per heavy atom. The van der Waals surface area contributed by atoms with E-state index in [1.54, 1.807) is 0 Å². The predicted octanol–water partition coefficient (Wildman–Crippen LogP) is 3.92. The van der Waals surface area contributed by atoms with Crippen LogP contribution in [0.15, 0.2) is 28.6 Å². The topological polar surface area (TPSA) is 99.6 Å². The van der Waals surface area contributed by atoms with E-state index in [2.05, 4.69) is 9.71 Å². The minimum absolute atomic E-state index is 0.0431. The molecule has 0 aliphatic heterocycles. The first-order chi connectivity index (χ1) is 12.3. The molecule has 7 nitrogen and oxygen atoms in total. The highest BCUT2D eigenvalue weighted by atomic mass is 35.5. The third-order valence-corrected chi connectivity index (χ3v) is 6.73. The third kappa shape index (κ3) is 4.87. The van der Waals surface area contributed by atoms with Gasteiger partial charge in [0.25, 0.3) is 10.0 Å². The van der Waals surface area contributed by atoms with Gasteiger partial charge in [0, 0.05) is 13.1 Å². The van der Waals surface area contributed by atoms with Crippen molar-refractivity contribution < 1.29 is 18.3 Å². The number of anilines is 2. The Hall–Kier alpha value is -1.84. The number of rotatable bonds is 9. The van der Waals surface area contributed by atoms with Crippen LogP contribution < -0.4 is 9.62 Å². The van der Waals surface area contributed by atoms with Crippen molar-refractivity contribution in [3.05, 3.63) is 34.3 Å². The molecule has 2 rings (SSSR count). The highest BCUT2D eigenvalue weighted by Gasteiger charge is 2.21. The molecule has 0 unspecified atom stereocenters. The molecule has 0 aliphatic carbocycles. The second-order valence-electron chi connectivity index (χ2n) is 5.50. The zero-order valence-electron chi connectivity index (χ0n) is 14.4. The first-order valence-electron chi connectivity index (χ1n) is 8.05. The van der Waals surface area contributed by atoms with Gasteiger partial charge in [-0.3, -0.25) is 4.72 Å². The highest BCUT2D eigenvalue weighted by molar-refractivity contribution is 7.94. The normalized spacial score (nSPS) is 11.3. The zero-order chi connectivity index (χ0) is 19.3. The number of halogens is 1. The van der Waals surface area contributed by atoms with E-state index in [1.165, 1.54) is 24.4 Å². The van der Waals surface area contributed by atoms with E-state index in [1.807, 2.05) is 18.7 Å². The van der Waals surface area contributed by atoms with Crippen molar-refractivity contribution in [1.29, 1.82) is 0 Å². The summed E-state index contributed by atoms with van der Waals surface area (Å²) in [6, 6.07) is 4.16. The SMILES string of the molecule is CCCCN(CC)c1ncc(NS(=O)(=O)c2ccc(Cl)s2)cc1C(=O)O. The highest BCUT2D eigenvalue weighted by Crippen LogP contribution is 2.28. The van der Waals surface area contributed by atoms with Gasteiger partial charge in [0.05, 0.1) is 16.2 Å². The van der Waals surface area contributed by atoms with Crippen LogP contribution in [0.3, 0.4) is 0 Å². The Morgan fingerprint density at radius 2 is 2.12 bits per heavy atom. The van der Waals surface area contributed by atoms with Crippen LogP contribution in [-0.2, 0) is 10.0 Å². The molecule has 0 saturated carbocycles. The maximum absolute atomic E-state index is 12.4. The van der Waals surface area contributed by atoms with Crippen LogP contribution in [0.5, 0.6) is 0 Å². The summed E-state index contributed by atoms with van der Waals surface area (Å²) < 4.78 is 27.5. The summed E-state index contributed by atoms with van der Waals surface area (Å²) in [6.45, 7) is 5.25. The molecule has 0 radical (unpaired) electrons. The lowest BCUT2D eigenvalue weighted by Gasteiger charge is -2.23. The molecule has 0 amide bonds. The maximum Gasteiger partial charge on any atom is 0.339 e. The Morgan fingerprint density at radius 1 is 1.38 bits per heavy atom. The van der Waals surface area contributed by atoms with Gasteiger partial charge in [-0.2, -0.15) is 0 Å². The first-order valence-corrected chi connectivity index (χ1v) is 10.7. The molecule has 2 N–H and O–H groups in total. The molecule has 0 saturated heterocycles. The lowest BCUT2D eigenvalue weighted by atomic mass is 10.2. The standard InChI is InChI=1S/C16H20ClN3O4S2/c1-3-5-8-20(4-2)15-12(16(21)22)9-11(10-18-15)19-26(23,24)14-7-6-13(17)25-14/h6-7,9-10,19H,3-5,8H2,1-2H3,(H,21,22). The second-order valence-corrected chi connectivity index (χ2v) is 9.12. The fraction of sp³-hybridized carbons (Fsp3) is 0.375. The number of carbonyl (C=O) groups is 1. The quantitative estimate of drug-likeness (QED) is 0.641. The molecule has 0 aromatic carbocycles. The molecule has 142 valence electrons. The first kappa shape index (κ1) is 20.5. The van der Waals surface area contributed by atoms with Crippen molar-refractivity contribution in [2.24, 2.45) is 0 Å². The molecule has 10 heteroatoms. The Bertz CT molecular complexity index is 883. The van der Waals surface area contributed by atoms with E-state index in [-0.39, 0.29) is 15.5 Å².